The molecule has 0 saturated heterocycles. The quantitative estimate of drug-likeness (QED) is 0.381. The molecular weight excluding hydrogens is 398 g/mol. The van der Waals surface area contributed by atoms with Gasteiger partial charge in [-0.05, 0) is 97.2 Å². The van der Waals surface area contributed by atoms with Crippen molar-refractivity contribution < 1.29 is 0 Å². The van der Waals surface area contributed by atoms with Crippen LogP contribution in [-0.4, -0.2) is 0 Å². The van der Waals surface area contributed by atoms with Crippen LogP contribution in [0.25, 0.3) is 0 Å². The maximum Gasteiger partial charge on any atom is 0.0656 e. The Morgan fingerprint density at radius 3 is 1.73 bits per heavy atom. The van der Waals surface area contributed by atoms with Crippen molar-refractivity contribution in [2.24, 2.45) is 45.3 Å². The first-order valence-electron chi connectivity index (χ1n) is 15.0. The van der Waals surface area contributed by atoms with Crippen LogP contribution in [0.15, 0.2) is 0 Å². The molecule has 188 valence electrons. The lowest BCUT2D eigenvalue weighted by atomic mass is 9.48. The Morgan fingerprint density at radius 1 is 0.636 bits per heavy atom. The van der Waals surface area contributed by atoms with Gasteiger partial charge in [0.2, 0.25) is 0 Å². The summed E-state index contributed by atoms with van der Waals surface area (Å²) < 4.78 is 0. The minimum absolute atomic E-state index is 0.268. The number of nitriles is 1. The van der Waals surface area contributed by atoms with E-state index in [2.05, 4.69) is 40.7 Å². The first-order valence-corrected chi connectivity index (χ1v) is 15.0. The zero-order valence-electron chi connectivity index (χ0n) is 23.0. The van der Waals surface area contributed by atoms with E-state index in [9.17, 15) is 5.26 Å². The van der Waals surface area contributed by atoms with Gasteiger partial charge < -0.3 is 0 Å². The van der Waals surface area contributed by atoms with Gasteiger partial charge in [0.05, 0.1) is 6.07 Å². The maximum atomic E-state index is 10.3. The average Bonchev–Trinajstić information content (AvgIpc) is 3.24. The van der Waals surface area contributed by atoms with E-state index in [4.69, 9.17) is 0 Å². The summed E-state index contributed by atoms with van der Waals surface area (Å²) in [6.45, 7) is 13.3. The van der Waals surface area contributed by atoms with E-state index in [0.29, 0.717) is 21.7 Å². The van der Waals surface area contributed by atoms with Crippen LogP contribution < -0.4 is 0 Å². The molecule has 4 aliphatic rings. The molecule has 4 aliphatic carbocycles. The van der Waals surface area contributed by atoms with E-state index in [1.54, 1.807) is 0 Å². The van der Waals surface area contributed by atoms with Gasteiger partial charge in [-0.2, -0.15) is 5.26 Å². The molecule has 1 heteroatoms. The Bertz CT molecular complexity index is 686. The van der Waals surface area contributed by atoms with E-state index in [1.807, 2.05) is 0 Å². The molecule has 0 radical (unpaired) electrons. The number of hydrogen-bond acceptors (Lipinski definition) is 1. The summed E-state index contributed by atoms with van der Waals surface area (Å²) >= 11 is 0. The second kappa shape index (κ2) is 9.86. The number of hydrogen-bond donors (Lipinski definition) is 0. The molecule has 0 amide bonds. The van der Waals surface area contributed by atoms with E-state index in [-0.39, 0.29) is 5.92 Å². The summed E-state index contributed by atoms with van der Waals surface area (Å²) in [5.74, 6) is 2.67. The Morgan fingerprint density at radius 2 is 1.18 bits per heavy atom. The molecule has 0 spiro atoms. The van der Waals surface area contributed by atoms with Crippen LogP contribution in [0.3, 0.4) is 0 Å². The zero-order chi connectivity index (χ0) is 23.7. The molecule has 0 aliphatic heterocycles. The predicted octanol–water partition coefficient (Wildman–Crippen LogP) is 10.1. The highest BCUT2D eigenvalue weighted by atomic mass is 14.6. The Kier molecular flexibility index (Phi) is 7.64. The third-order valence-corrected chi connectivity index (χ3v) is 12.6. The molecule has 1 nitrogen and oxygen atoms in total. The number of rotatable bonds is 2. The van der Waals surface area contributed by atoms with Crippen molar-refractivity contribution >= 4 is 0 Å². The molecule has 0 aromatic rings. The molecule has 0 N–H and O–H groups in total. The van der Waals surface area contributed by atoms with Crippen molar-refractivity contribution in [3.05, 3.63) is 0 Å². The van der Waals surface area contributed by atoms with Gasteiger partial charge in [-0.15, -0.1) is 0 Å². The van der Waals surface area contributed by atoms with Crippen LogP contribution >= 0.6 is 0 Å². The highest BCUT2D eigenvalue weighted by molar-refractivity contribution is 5.09. The maximum absolute atomic E-state index is 10.3. The highest BCUT2D eigenvalue weighted by Gasteiger charge is 2.58. The van der Waals surface area contributed by atoms with Gasteiger partial charge in [0.25, 0.3) is 0 Å². The fraction of sp³-hybridized carbons (Fsp3) is 0.969. The smallest absolute Gasteiger partial charge is 0.0656 e. The van der Waals surface area contributed by atoms with Crippen LogP contribution in [0.5, 0.6) is 0 Å². The zero-order valence-corrected chi connectivity index (χ0v) is 23.0. The molecule has 6 atom stereocenters. The number of nitrogens with zero attached hydrogens (tertiary/aromatic N) is 1. The molecule has 0 heterocycles. The van der Waals surface area contributed by atoms with Crippen LogP contribution in [0, 0.1) is 56.7 Å². The summed E-state index contributed by atoms with van der Waals surface area (Å²) in [5.41, 5.74) is 1.62. The second-order valence-electron chi connectivity index (χ2n) is 14.7. The normalized spacial score (nSPS) is 44.2. The van der Waals surface area contributed by atoms with Gasteiger partial charge in [0, 0.05) is 5.92 Å². The molecule has 33 heavy (non-hydrogen) atoms. The number of fused-ring (bicyclic) bond motifs is 1. The summed E-state index contributed by atoms with van der Waals surface area (Å²) in [4.78, 5) is 0. The van der Waals surface area contributed by atoms with Crippen LogP contribution in [0.2, 0.25) is 0 Å². The Balaban J connectivity index is 1.77. The average molecular weight is 454 g/mol. The van der Waals surface area contributed by atoms with Crippen molar-refractivity contribution in [2.75, 3.05) is 0 Å². The monoisotopic (exact) mass is 453 g/mol. The van der Waals surface area contributed by atoms with Gasteiger partial charge in [-0.1, -0.05) is 92.4 Å². The van der Waals surface area contributed by atoms with Crippen molar-refractivity contribution in [1.82, 2.24) is 0 Å². The van der Waals surface area contributed by atoms with Gasteiger partial charge in [-0.3, -0.25) is 0 Å². The topological polar surface area (TPSA) is 23.8 Å². The molecule has 4 saturated carbocycles. The standard InChI is InChI=1S/C32H55N/c1-25-14-15-27-20-26(24-33)22-31(4,29(2)16-10-6-7-11-17-29)23-28(27)32(5,21-25)30(3)18-12-8-9-13-19-30/h25-28H,6-23H2,1-5H3. The fourth-order valence-corrected chi connectivity index (χ4v) is 9.91. The van der Waals surface area contributed by atoms with Gasteiger partial charge in [0.1, 0.15) is 0 Å². The van der Waals surface area contributed by atoms with Crippen molar-refractivity contribution in [3.8, 4) is 6.07 Å². The van der Waals surface area contributed by atoms with E-state index < -0.39 is 0 Å². The van der Waals surface area contributed by atoms with Gasteiger partial charge >= 0.3 is 0 Å². The van der Waals surface area contributed by atoms with Gasteiger partial charge in [0.15, 0.2) is 0 Å². The van der Waals surface area contributed by atoms with E-state index in [0.717, 1.165) is 24.2 Å². The highest BCUT2D eigenvalue weighted by Crippen LogP contribution is 2.66. The SMILES string of the molecule is CC1CCC2CC(C#N)CC(C)(C3(C)CCCCCC3)CC2C(C)(C2(C)CCCCCC2)C1. The Hall–Kier alpha value is -0.510. The minimum atomic E-state index is 0.268. The molecule has 4 fully saturated rings. The predicted molar refractivity (Wildman–Crippen MR) is 141 cm³/mol. The minimum Gasteiger partial charge on any atom is -0.198 e. The lowest BCUT2D eigenvalue weighted by molar-refractivity contribution is -0.0749. The summed E-state index contributed by atoms with van der Waals surface area (Å²) in [6, 6.07) is 2.86. The van der Waals surface area contributed by atoms with E-state index >= 15 is 0 Å². The Labute approximate surface area is 206 Å². The van der Waals surface area contributed by atoms with Crippen molar-refractivity contribution in [3.63, 3.8) is 0 Å². The summed E-state index contributed by atoms with van der Waals surface area (Å²) in [6.07, 6.45) is 25.0. The third-order valence-electron chi connectivity index (χ3n) is 12.6. The first kappa shape index (κ1) is 25.6. The van der Waals surface area contributed by atoms with Gasteiger partial charge in [-0.25, -0.2) is 0 Å². The summed E-state index contributed by atoms with van der Waals surface area (Å²) in [7, 11) is 0. The van der Waals surface area contributed by atoms with Crippen molar-refractivity contribution in [1.29, 1.82) is 5.26 Å². The first-order chi connectivity index (χ1) is 15.6. The lowest BCUT2D eigenvalue weighted by Crippen LogP contribution is -2.48. The molecule has 0 aromatic carbocycles. The molecule has 0 bridgehead atoms. The fourth-order valence-electron chi connectivity index (χ4n) is 9.91. The molecule has 0 aromatic heterocycles. The second-order valence-corrected chi connectivity index (χ2v) is 14.7. The summed E-state index contributed by atoms with van der Waals surface area (Å²) in [5, 5.41) is 10.3. The molecule has 6 unspecified atom stereocenters. The van der Waals surface area contributed by atoms with E-state index in [1.165, 1.54) is 109 Å². The largest absolute Gasteiger partial charge is 0.198 e. The van der Waals surface area contributed by atoms with Crippen LogP contribution in [0.4, 0.5) is 0 Å². The molecule has 4 rings (SSSR count). The van der Waals surface area contributed by atoms with Crippen LogP contribution in [-0.2, 0) is 0 Å². The third kappa shape index (κ3) is 4.81. The molecular formula is C32H55N. The van der Waals surface area contributed by atoms with Crippen LogP contribution in [0.1, 0.15) is 150 Å². The lowest BCUT2D eigenvalue weighted by Gasteiger charge is -2.57. The van der Waals surface area contributed by atoms with Crippen molar-refractivity contribution in [2.45, 2.75) is 150 Å².